The van der Waals surface area contributed by atoms with Crippen molar-refractivity contribution in [2.24, 2.45) is 0 Å². The van der Waals surface area contributed by atoms with Gasteiger partial charge in [0.25, 0.3) is 0 Å². The molecular weight excluding hydrogens is 435 g/mol. The number of rotatable bonds is 12. The standard InChI is InChI=1S/2C9H18O4.Zr/c2*1-4-6-7-12-13-8(10)9(3,11)5-2;/h2*11H,4-7H2,1-3H3;. The molecule has 2 N–H and O–H groups in total. The minimum absolute atomic E-state index is 0. The maximum atomic E-state index is 11.1. The molecule has 2 unspecified atom stereocenters. The van der Waals surface area contributed by atoms with Crippen molar-refractivity contribution in [3.8, 4) is 0 Å². The van der Waals surface area contributed by atoms with E-state index in [1.165, 1.54) is 13.8 Å². The van der Waals surface area contributed by atoms with Crippen molar-refractivity contribution < 1.29 is 65.6 Å². The third-order valence-electron chi connectivity index (χ3n) is 3.69. The second-order valence-corrected chi connectivity index (χ2v) is 6.35. The van der Waals surface area contributed by atoms with Crippen molar-refractivity contribution in [2.45, 2.75) is 91.3 Å². The van der Waals surface area contributed by atoms with E-state index in [1.807, 2.05) is 13.8 Å². The van der Waals surface area contributed by atoms with E-state index in [2.05, 4.69) is 19.6 Å². The average Bonchev–Trinajstić information content (AvgIpc) is 2.62. The van der Waals surface area contributed by atoms with Crippen molar-refractivity contribution in [3.05, 3.63) is 0 Å². The van der Waals surface area contributed by atoms with Gasteiger partial charge in [0, 0.05) is 26.2 Å². The molecule has 0 saturated heterocycles. The van der Waals surface area contributed by atoms with Crippen LogP contribution in [-0.2, 0) is 55.3 Å². The molecule has 0 spiro atoms. The third-order valence-corrected chi connectivity index (χ3v) is 3.69. The quantitative estimate of drug-likeness (QED) is 0.254. The molecule has 0 heterocycles. The number of carbonyl (C=O) groups is 2. The van der Waals surface area contributed by atoms with Crippen LogP contribution in [0, 0.1) is 0 Å². The summed E-state index contributed by atoms with van der Waals surface area (Å²) in [6.07, 6.45) is 4.23. The SMILES string of the molecule is CCCCOOC(=O)C(C)(O)CC.CCCCOOC(=O)C(C)(O)CC.[Zr]. The van der Waals surface area contributed by atoms with Crippen LogP contribution in [0.4, 0.5) is 0 Å². The molecule has 0 aromatic heterocycles. The normalized spacial score (nSPS) is 14.5. The van der Waals surface area contributed by atoms with Crippen LogP contribution in [0.2, 0.25) is 0 Å². The summed E-state index contributed by atoms with van der Waals surface area (Å²) in [6.45, 7) is 11.0. The van der Waals surface area contributed by atoms with E-state index in [-0.39, 0.29) is 26.2 Å². The molecule has 0 aliphatic heterocycles. The number of hydrogen-bond donors (Lipinski definition) is 2. The van der Waals surface area contributed by atoms with Gasteiger partial charge >= 0.3 is 11.9 Å². The van der Waals surface area contributed by atoms with Gasteiger partial charge in [-0.2, -0.15) is 9.78 Å². The Balaban J connectivity index is -0.000000411. The molecule has 0 fully saturated rings. The van der Waals surface area contributed by atoms with E-state index in [9.17, 15) is 19.8 Å². The van der Waals surface area contributed by atoms with E-state index >= 15 is 0 Å². The van der Waals surface area contributed by atoms with Gasteiger partial charge < -0.3 is 10.2 Å². The Labute approximate surface area is 181 Å². The van der Waals surface area contributed by atoms with Crippen LogP contribution in [-0.4, -0.2) is 46.6 Å². The second kappa shape index (κ2) is 17.7. The predicted molar refractivity (Wildman–Crippen MR) is 95.7 cm³/mol. The summed E-state index contributed by atoms with van der Waals surface area (Å²) in [5.41, 5.74) is -2.88. The van der Waals surface area contributed by atoms with E-state index < -0.39 is 23.1 Å². The monoisotopic (exact) mass is 470 g/mol. The molecule has 0 aromatic rings. The van der Waals surface area contributed by atoms with Gasteiger partial charge in [0.05, 0.1) is 13.2 Å². The van der Waals surface area contributed by atoms with E-state index in [1.54, 1.807) is 13.8 Å². The molecule has 2 atom stereocenters. The van der Waals surface area contributed by atoms with Crippen molar-refractivity contribution >= 4 is 11.9 Å². The Bertz CT molecular complexity index is 350. The van der Waals surface area contributed by atoms with Crippen LogP contribution in [0.25, 0.3) is 0 Å². The molecule has 160 valence electrons. The Morgan fingerprint density at radius 1 is 0.741 bits per heavy atom. The first-order valence-electron chi connectivity index (χ1n) is 9.21. The van der Waals surface area contributed by atoms with Crippen LogP contribution < -0.4 is 0 Å². The van der Waals surface area contributed by atoms with Crippen molar-refractivity contribution in [3.63, 3.8) is 0 Å². The van der Waals surface area contributed by atoms with Crippen LogP contribution in [0.5, 0.6) is 0 Å². The van der Waals surface area contributed by atoms with Crippen molar-refractivity contribution in [1.82, 2.24) is 0 Å². The molecule has 0 rings (SSSR count). The zero-order valence-electron chi connectivity index (χ0n) is 17.5. The fourth-order valence-electron chi connectivity index (χ4n) is 1.07. The first-order chi connectivity index (χ1) is 12.1. The molecule has 0 aliphatic rings. The molecule has 8 nitrogen and oxygen atoms in total. The average molecular weight is 472 g/mol. The van der Waals surface area contributed by atoms with Crippen molar-refractivity contribution in [1.29, 1.82) is 0 Å². The number of unbranched alkanes of at least 4 members (excludes halogenated alkanes) is 2. The maximum Gasteiger partial charge on any atom is 0.373 e. The molecular formula is C18H36O8Zr. The third kappa shape index (κ3) is 16.3. The molecule has 0 saturated carbocycles. The maximum absolute atomic E-state index is 11.1. The largest absolute Gasteiger partial charge is 0.378 e. The van der Waals surface area contributed by atoms with Crippen LogP contribution in [0.15, 0.2) is 0 Å². The summed E-state index contributed by atoms with van der Waals surface area (Å²) >= 11 is 0. The van der Waals surface area contributed by atoms with Gasteiger partial charge in [0.15, 0.2) is 11.2 Å². The first kappa shape index (κ1) is 31.4. The summed E-state index contributed by atoms with van der Waals surface area (Å²) in [5.74, 6) is -1.46. The van der Waals surface area contributed by atoms with E-state index in [0.29, 0.717) is 26.1 Å². The minimum Gasteiger partial charge on any atom is -0.378 e. The van der Waals surface area contributed by atoms with Gasteiger partial charge in [-0.1, -0.05) is 40.5 Å². The van der Waals surface area contributed by atoms with Gasteiger partial charge in [-0.25, -0.2) is 9.59 Å². The molecule has 0 amide bonds. The second-order valence-electron chi connectivity index (χ2n) is 6.35. The molecule has 9 heteroatoms. The van der Waals surface area contributed by atoms with E-state index in [4.69, 9.17) is 0 Å². The van der Waals surface area contributed by atoms with E-state index in [0.717, 1.165) is 25.7 Å². The topological polar surface area (TPSA) is 112 Å². The van der Waals surface area contributed by atoms with Crippen molar-refractivity contribution in [2.75, 3.05) is 13.2 Å². The molecule has 0 radical (unpaired) electrons. The number of hydrogen-bond acceptors (Lipinski definition) is 8. The molecule has 0 bridgehead atoms. The fourth-order valence-corrected chi connectivity index (χ4v) is 1.07. The summed E-state index contributed by atoms with van der Waals surface area (Å²) in [5, 5.41) is 18.8. The number of aliphatic hydroxyl groups is 2. The first-order valence-corrected chi connectivity index (χ1v) is 9.21. The zero-order valence-corrected chi connectivity index (χ0v) is 20.0. The molecule has 27 heavy (non-hydrogen) atoms. The summed E-state index contributed by atoms with van der Waals surface area (Å²) in [4.78, 5) is 40.2. The Morgan fingerprint density at radius 3 is 1.26 bits per heavy atom. The summed E-state index contributed by atoms with van der Waals surface area (Å²) in [7, 11) is 0. The Kier molecular flexibility index (Phi) is 20.6. The van der Waals surface area contributed by atoms with Crippen LogP contribution in [0.3, 0.4) is 0 Å². The minimum atomic E-state index is -1.44. The predicted octanol–water partition coefficient (Wildman–Crippen LogP) is 2.84. The smallest absolute Gasteiger partial charge is 0.373 e. The zero-order chi connectivity index (χ0) is 20.6. The molecule has 0 aromatic carbocycles. The number of carbonyl (C=O) groups excluding carboxylic acids is 2. The Morgan fingerprint density at radius 2 is 1.04 bits per heavy atom. The van der Waals surface area contributed by atoms with Gasteiger partial charge in [-0.3, -0.25) is 9.78 Å². The van der Waals surface area contributed by atoms with Gasteiger partial charge in [-0.15, -0.1) is 0 Å². The summed E-state index contributed by atoms with van der Waals surface area (Å²) in [6, 6.07) is 0. The Hall–Kier alpha value is -0.337. The van der Waals surface area contributed by atoms with Crippen LogP contribution >= 0.6 is 0 Å². The summed E-state index contributed by atoms with van der Waals surface area (Å²) < 4.78 is 0. The van der Waals surface area contributed by atoms with Gasteiger partial charge in [-0.05, 0) is 39.5 Å². The molecule has 0 aliphatic carbocycles. The van der Waals surface area contributed by atoms with Crippen LogP contribution in [0.1, 0.15) is 80.1 Å². The fraction of sp³-hybridized carbons (Fsp3) is 0.889. The van der Waals surface area contributed by atoms with Gasteiger partial charge in [0.2, 0.25) is 0 Å². The van der Waals surface area contributed by atoms with Gasteiger partial charge in [0.1, 0.15) is 0 Å².